The van der Waals surface area contributed by atoms with E-state index in [1.807, 2.05) is 24.3 Å². The van der Waals surface area contributed by atoms with Crippen molar-refractivity contribution in [2.45, 2.75) is 38.3 Å². The number of alkyl halides is 2. The number of rotatable bonds is 7. The van der Waals surface area contributed by atoms with Gasteiger partial charge in [0.1, 0.15) is 17.7 Å². The first-order valence-electron chi connectivity index (χ1n) is 12.4. The van der Waals surface area contributed by atoms with Gasteiger partial charge in [-0.25, -0.2) is 22.9 Å². The molecule has 1 aliphatic rings. The van der Waals surface area contributed by atoms with Gasteiger partial charge in [0, 0.05) is 18.2 Å². The molecule has 8 nitrogen and oxygen atoms in total. The second kappa shape index (κ2) is 11.2. The van der Waals surface area contributed by atoms with E-state index in [1.54, 1.807) is 38.1 Å². The van der Waals surface area contributed by atoms with Gasteiger partial charge < -0.3 is 25.7 Å². The van der Waals surface area contributed by atoms with Gasteiger partial charge in [0.15, 0.2) is 0 Å². The summed E-state index contributed by atoms with van der Waals surface area (Å²) >= 11 is 0. The molecular weight excluding hydrogens is 511 g/mol. The number of hydrogen-bond donors (Lipinski definition) is 3. The molecule has 2 aromatic carbocycles. The number of aromatic amines is 1. The normalized spacial score (nSPS) is 17.8. The molecule has 3 aromatic rings. The number of amides is 2. The van der Waals surface area contributed by atoms with E-state index in [0.29, 0.717) is 11.3 Å². The van der Waals surface area contributed by atoms with E-state index in [9.17, 15) is 22.8 Å². The molecule has 1 fully saturated rings. The third-order valence-corrected chi connectivity index (χ3v) is 6.69. The lowest BCUT2D eigenvalue weighted by Crippen LogP contribution is -2.51. The van der Waals surface area contributed by atoms with Crippen LogP contribution in [-0.2, 0) is 9.53 Å². The lowest BCUT2D eigenvalue weighted by Gasteiger charge is -2.29. The Morgan fingerprint density at radius 3 is 2.28 bits per heavy atom. The van der Waals surface area contributed by atoms with Crippen LogP contribution in [0.15, 0.2) is 60.9 Å². The van der Waals surface area contributed by atoms with Crippen molar-refractivity contribution >= 4 is 17.8 Å². The summed E-state index contributed by atoms with van der Waals surface area (Å²) in [6.45, 7) is 2.64. The zero-order chi connectivity index (χ0) is 28.3. The molecule has 4 N–H and O–H groups in total. The van der Waals surface area contributed by atoms with Gasteiger partial charge >= 0.3 is 6.09 Å². The summed E-state index contributed by atoms with van der Waals surface area (Å²) in [5, 5.41) is 2.45. The van der Waals surface area contributed by atoms with Crippen LogP contribution in [0.25, 0.3) is 28.2 Å². The molecule has 1 saturated heterocycles. The van der Waals surface area contributed by atoms with Crippen molar-refractivity contribution in [1.29, 1.82) is 0 Å². The molecule has 1 aliphatic heterocycles. The Kier molecular flexibility index (Phi) is 7.98. The Hall–Kier alpha value is -4.28. The van der Waals surface area contributed by atoms with Gasteiger partial charge in [-0.15, -0.1) is 0 Å². The molecule has 206 valence electrons. The third kappa shape index (κ3) is 6.08. The average Bonchev–Trinajstić information content (AvgIpc) is 3.55. The maximum absolute atomic E-state index is 14.5. The van der Waals surface area contributed by atoms with Gasteiger partial charge in [0.05, 0.1) is 31.6 Å². The number of aromatic nitrogens is 2. The molecule has 0 spiro atoms. The Bertz CT molecular complexity index is 1350. The number of methoxy groups -OCH3 is 1. The molecule has 0 radical (unpaired) electrons. The van der Waals surface area contributed by atoms with E-state index in [0.717, 1.165) is 27.8 Å². The standard InChI is InChI=1S/C28H30F3N5O3/c1-16(2)24(35-27(38)39-3)26(37)36-15-28(30,31)12-23(36)25-33-14-22(34-25)20-10-6-18(7-11-20)17-4-8-19(9-5-17)21(29)13-32/h4-11,13-14,16,23-24H,12,15,32H2,1-3H3,(H,33,34)(H,35,38)/b21-13-/t23-,24-/m0/s1. The maximum Gasteiger partial charge on any atom is 0.407 e. The van der Waals surface area contributed by atoms with Crippen molar-refractivity contribution in [2.24, 2.45) is 11.7 Å². The Morgan fingerprint density at radius 2 is 1.72 bits per heavy atom. The minimum Gasteiger partial charge on any atom is -0.453 e. The van der Waals surface area contributed by atoms with Crippen LogP contribution < -0.4 is 11.1 Å². The van der Waals surface area contributed by atoms with Crippen LogP contribution in [0.5, 0.6) is 0 Å². The molecule has 11 heteroatoms. The predicted molar refractivity (Wildman–Crippen MR) is 141 cm³/mol. The van der Waals surface area contributed by atoms with E-state index in [1.165, 1.54) is 13.3 Å². The van der Waals surface area contributed by atoms with Crippen LogP contribution >= 0.6 is 0 Å². The number of nitrogens with zero attached hydrogens (tertiary/aromatic N) is 2. The van der Waals surface area contributed by atoms with E-state index in [4.69, 9.17) is 5.73 Å². The van der Waals surface area contributed by atoms with Gasteiger partial charge in [-0.2, -0.15) is 0 Å². The lowest BCUT2D eigenvalue weighted by molar-refractivity contribution is -0.136. The minimum atomic E-state index is -3.11. The fourth-order valence-corrected chi connectivity index (χ4v) is 4.58. The van der Waals surface area contributed by atoms with Crippen molar-refractivity contribution in [3.05, 3.63) is 72.3 Å². The van der Waals surface area contributed by atoms with Crippen LogP contribution in [0.4, 0.5) is 18.0 Å². The number of ether oxygens (including phenoxy) is 1. The Labute approximate surface area is 224 Å². The van der Waals surface area contributed by atoms with Crippen LogP contribution in [-0.4, -0.2) is 52.5 Å². The Balaban J connectivity index is 1.55. The summed E-state index contributed by atoms with van der Waals surface area (Å²) in [5.74, 6) is -4.38. The molecule has 0 unspecified atom stereocenters. The highest BCUT2D eigenvalue weighted by Gasteiger charge is 2.50. The molecule has 4 rings (SSSR count). The second-order valence-electron chi connectivity index (χ2n) is 9.75. The molecule has 0 bridgehead atoms. The van der Waals surface area contributed by atoms with Crippen LogP contribution in [0.1, 0.15) is 37.7 Å². The number of halogens is 3. The highest BCUT2D eigenvalue weighted by Crippen LogP contribution is 2.41. The Morgan fingerprint density at radius 1 is 1.13 bits per heavy atom. The minimum absolute atomic E-state index is 0.228. The number of alkyl carbamates (subject to hydrolysis) is 1. The van der Waals surface area contributed by atoms with Gasteiger partial charge in [0.2, 0.25) is 5.91 Å². The topological polar surface area (TPSA) is 113 Å². The summed E-state index contributed by atoms with van der Waals surface area (Å²) < 4.78 is 47.3. The largest absolute Gasteiger partial charge is 0.453 e. The average molecular weight is 542 g/mol. The number of nitrogens with one attached hydrogen (secondary N) is 2. The smallest absolute Gasteiger partial charge is 0.407 e. The van der Waals surface area contributed by atoms with Gasteiger partial charge in [-0.3, -0.25) is 4.79 Å². The van der Waals surface area contributed by atoms with Crippen molar-refractivity contribution in [3.8, 4) is 22.4 Å². The van der Waals surface area contributed by atoms with Crippen molar-refractivity contribution < 1.29 is 27.5 Å². The van der Waals surface area contributed by atoms with Gasteiger partial charge in [-0.1, -0.05) is 62.4 Å². The summed E-state index contributed by atoms with van der Waals surface area (Å²) in [5.41, 5.74) is 8.75. The molecule has 2 amide bonds. The van der Waals surface area contributed by atoms with E-state index in [2.05, 4.69) is 20.0 Å². The van der Waals surface area contributed by atoms with E-state index in [-0.39, 0.29) is 11.7 Å². The number of H-pyrrole nitrogens is 1. The number of benzene rings is 2. The highest BCUT2D eigenvalue weighted by atomic mass is 19.3. The zero-order valence-electron chi connectivity index (χ0n) is 21.8. The van der Waals surface area contributed by atoms with Crippen LogP contribution in [0.2, 0.25) is 0 Å². The number of imidazole rings is 1. The number of likely N-dealkylation sites (tertiary alicyclic amines) is 1. The number of hydrogen-bond acceptors (Lipinski definition) is 5. The van der Waals surface area contributed by atoms with E-state index >= 15 is 0 Å². The van der Waals surface area contributed by atoms with Crippen LogP contribution in [0.3, 0.4) is 0 Å². The summed E-state index contributed by atoms with van der Waals surface area (Å²) in [7, 11) is 1.17. The first-order valence-corrected chi connectivity index (χ1v) is 12.4. The van der Waals surface area contributed by atoms with Crippen molar-refractivity contribution in [2.75, 3.05) is 13.7 Å². The molecule has 2 atom stereocenters. The molecule has 0 saturated carbocycles. The number of carbonyl (C=O) groups is 2. The van der Waals surface area contributed by atoms with Crippen molar-refractivity contribution in [1.82, 2.24) is 20.2 Å². The fraction of sp³-hybridized carbons (Fsp3) is 0.321. The van der Waals surface area contributed by atoms with Crippen molar-refractivity contribution in [3.63, 3.8) is 0 Å². The molecular formula is C28H30F3N5O3. The monoisotopic (exact) mass is 541 g/mol. The third-order valence-electron chi connectivity index (χ3n) is 6.69. The van der Waals surface area contributed by atoms with E-state index < -0.39 is 48.8 Å². The predicted octanol–water partition coefficient (Wildman–Crippen LogP) is 5.26. The number of carbonyl (C=O) groups excluding carboxylic acids is 2. The summed E-state index contributed by atoms with van der Waals surface area (Å²) in [4.78, 5) is 33.5. The SMILES string of the molecule is COC(=O)N[C@H](C(=O)N1CC(F)(F)C[C@H]1c1ncc(-c2ccc(-c3ccc(/C(F)=C/N)cc3)cc2)[nH]1)C(C)C. The molecule has 0 aliphatic carbocycles. The summed E-state index contributed by atoms with van der Waals surface area (Å²) in [6.07, 6.45) is 1.03. The van der Waals surface area contributed by atoms with Gasteiger partial charge in [-0.05, 0) is 22.6 Å². The number of nitrogens with two attached hydrogens (primary N) is 1. The lowest BCUT2D eigenvalue weighted by atomic mass is 10.0. The first-order chi connectivity index (χ1) is 18.5. The maximum atomic E-state index is 14.5. The van der Waals surface area contributed by atoms with Gasteiger partial charge in [0.25, 0.3) is 5.92 Å². The highest BCUT2D eigenvalue weighted by molar-refractivity contribution is 5.86. The zero-order valence-corrected chi connectivity index (χ0v) is 21.8. The summed E-state index contributed by atoms with van der Waals surface area (Å²) in [6, 6.07) is 12.3. The molecule has 1 aromatic heterocycles. The molecule has 2 heterocycles. The quantitative estimate of drug-likeness (QED) is 0.378. The fourth-order valence-electron chi connectivity index (χ4n) is 4.58. The van der Waals surface area contributed by atoms with Crippen LogP contribution in [0, 0.1) is 5.92 Å². The molecule has 39 heavy (non-hydrogen) atoms. The second-order valence-corrected chi connectivity index (χ2v) is 9.75. The first kappa shape index (κ1) is 27.7.